The van der Waals surface area contributed by atoms with Crippen LogP contribution in [0.3, 0.4) is 0 Å². The van der Waals surface area contributed by atoms with Crippen LogP contribution in [0.25, 0.3) is 0 Å². The quantitative estimate of drug-likeness (QED) is 0.802. The third-order valence-electron chi connectivity index (χ3n) is 2.48. The third kappa shape index (κ3) is 3.47. The Balaban J connectivity index is 3.00. The van der Waals surface area contributed by atoms with Gasteiger partial charge in [-0.25, -0.2) is 9.97 Å². The molecule has 1 aromatic heterocycles. The van der Waals surface area contributed by atoms with E-state index in [4.69, 9.17) is 0 Å². The Morgan fingerprint density at radius 1 is 1.25 bits per heavy atom. The molecule has 3 nitrogen and oxygen atoms in total. The number of hydrogen-bond donors (Lipinski definition) is 1. The summed E-state index contributed by atoms with van der Waals surface area (Å²) in [6.45, 7) is 9.66. The maximum absolute atomic E-state index is 4.43. The predicted molar refractivity (Wildman–Crippen MR) is 68.7 cm³/mol. The molecule has 1 heterocycles. The standard InChI is InChI=1S/C13H23N3/c1-5-7-11-12(8-10(3)4)15-9-16-13(11)14-6-2/h9-10H,5-8H2,1-4H3,(H,14,15,16). The highest BCUT2D eigenvalue weighted by molar-refractivity contribution is 5.46. The van der Waals surface area contributed by atoms with Gasteiger partial charge in [-0.2, -0.15) is 0 Å². The zero-order valence-electron chi connectivity index (χ0n) is 10.9. The molecule has 0 amide bonds. The Labute approximate surface area is 98.7 Å². The summed E-state index contributed by atoms with van der Waals surface area (Å²) >= 11 is 0. The Bertz CT molecular complexity index is 321. The fourth-order valence-corrected chi connectivity index (χ4v) is 1.84. The van der Waals surface area contributed by atoms with E-state index >= 15 is 0 Å². The Kier molecular flexibility index (Phi) is 5.23. The van der Waals surface area contributed by atoms with Crippen molar-refractivity contribution in [3.8, 4) is 0 Å². The molecule has 0 spiro atoms. The highest BCUT2D eigenvalue weighted by atomic mass is 15.0. The van der Waals surface area contributed by atoms with E-state index in [1.807, 2.05) is 0 Å². The summed E-state index contributed by atoms with van der Waals surface area (Å²) < 4.78 is 0. The minimum absolute atomic E-state index is 0.639. The first-order chi connectivity index (χ1) is 7.69. The van der Waals surface area contributed by atoms with E-state index in [1.54, 1.807) is 6.33 Å². The summed E-state index contributed by atoms with van der Waals surface area (Å²) in [5.74, 6) is 1.66. The summed E-state index contributed by atoms with van der Waals surface area (Å²) in [5, 5.41) is 3.32. The van der Waals surface area contributed by atoms with Crippen LogP contribution in [-0.4, -0.2) is 16.5 Å². The van der Waals surface area contributed by atoms with Crippen molar-refractivity contribution < 1.29 is 0 Å². The van der Waals surface area contributed by atoms with E-state index in [2.05, 4.69) is 43.0 Å². The van der Waals surface area contributed by atoms with Gasteiger partial charge in [0.2, 0.25) is 0 Å². The lowest BCUT2D eigenvalue weighted by Crippen LogP contribution is -2.10. The fraction of sp³-hybridized carbons (Fsp3) is 0.692. The number of nitrogens with one attached hydrogen (secondary N) is 1. The Hall–Kier alpha value is -1.12. The molecule has 3 heteroatoms. The van der Waals surface area contributed by atoms with Crippen LogP contribution >= 0.6 is 0 Å². The van der Waals surface area contributed by atoms with Crippen molar-refractivity contribution >= 4 is 5.82 Å². The molecule has 0 saturated heterocycles. The average molecular weight is 221 g/mol. The lowest BCUT2D eigenvalue weighted by atomic mass is 10.0. The monoisotopic (exact) mass is 221 g/mol. The van der Waals surface area contributed by atoms with Crippen molar-refractivity contribution in [1.82, 2.24) is 9.97 Å². The molecule has 1 aromatic rings. The number of hydrogen-bond acceptors (Lipinski definition) is 3. The van der Waals surface area contributed by atoms with E-state index in [0.717, 1.165) is 31.6 Å². The molecule has 1 N–H and O–H groups in total. The first-order valence-electron chi connectivity index (χ1n) is 6.25. The third-order valence-corrected chi connectivity index (χ3v) is 2.48. The van der Waals surface area contributed by atoms with Crippen LogP contribution in [0.2, 0.25) is 0 Å². The molecular formula is C13H23N3. The zero-order chi connectivity index (χ0) is 12.0. The molecule has 0 bridgehead atoms. The number of anilines is 1. The van der Waals surface area contributed by atoms with E-state index in [1.165, 1.54) is 11.3 Å². The lowest BCUT2D eigenvalue weighted by molar-refractivity contribution is 0.627. The maximum atomic E-state index is 4.43. The van der Waals surface area contributed by atoms with Gasteiger partial charge in [0.15, 0.2) is 0 Å². The van der Waals surface area contributed by atoms with Crippen LogP contribution in [0.1, 0.15) is 45.4 Å². The zero-order valence-corrected chi connectivity index (χ0v) is 10.9. The summed E-state index contributed by atoms with van der Waals surface area (Å²) in [5.41, 5.74) is 2.52. The first-order valence-corrected chi connectivity index (χ1v) is 6.25. The van der Waals surface area contributed by atoms with Gasteiger partial charge in [0, 0.05) is 17.8 Å². The topological polar surface area (TPSA) is 37.8 Å². The van der Waals surface area contributed by atoms with E-state index in [0.29, 0.717) is 5.92 Å². The Morgan fingerprint density at radius 2 is 2.00 bits per heavy atom. The number of aromatic nitrogens is 2. The molecule has 0 unspecified atom stereocenters. The summed E-state index contributed by atoms with van der Waals surface area (Å²) in [4.78, 5) is 8.76. The molecule has 0 aliphatic rings. The molecule has 90 valence electrons. The van der Waals surface area contributed by atoms with Gasteiger partial charge < -0.3 is 5.32 Å². The van der Waals surface area contributed by atoms with Crippen LogP contribution in [-0.2, 0) is 12.8 Å². The molecule has 0 aliphatic carbocycles. The van der Waals surface area contributed by atoms with Crippen molar-refractivity contribution in [1.29, 1.82) is 0 Å². The fourth-order valence-electron chi connectivity index (χ4n) is 1.84. The minimum atomic E-state index is 0.639. The highest BCUT2D eigenvalue weighted by Gasteiger charge is 2.11. The van der Waals surface area contributed by atoms with E-state index < -0.39 is 0 Å². The van der Waals surface area contributed by atoms with Crippen molar-refractivity contribution in [2.24, 2.45) is 5.92 Å². The second kappa shape index (κ2) is 6.46. The first kappa shape index (κ1) is 12.9. The van der Waals surface area contributed by atoms with Crippen LogP contribution in [0.15, 0.2) is 6.33 Å². The number of rotatable bonds is 6. The maximum Gasteiger partial charge on any atom is 0.132 e. The van der Waals surface area contributed by atoms with Gasteiger partial charge >= 0.3 is 0 Å². The molecule has 0 saturated carbocycles. The van der Waals surface area contributed by atoms with Gasteiger partial charge in [-0.3, -0.25) is 0 Å². The van der Waals surface area contributed by atoms with Crippen molar-refractivity contribution in [2.75, 3.05) is 11.9 Å². The van der Waals surface area contributed by atoms with Gasteiger partial charge in [0.25, 0.3) is 0 Å². The van der Waals surface area contributed by atoms with Crippen LogP contribution in [0, 0.1) is 5.92 Å². The van der Waals surface area contributed by atoms with Gasteiger partial charge in [-0.05, 0) is 25.7 Å². The van der Waals surface area contributed by atoms with Crippen LogP contribution in [0.4, 0.5) is 5.82 Å². The molecule has 16 heavy (non-hydrogen) atoms. The van der Waals surface area contributed by atoms with Crippen LogP contribution < -0.4 is 5.32 Å². The molecular weight excluding hydrogens is 198 g/mol. The van der Waals surface area contributed by atoms with Crippen molar-refractivity contribution in [2.45, 2.75) is 47.0 Å². The smallest absolute Gasteiger partial charge is 0.132 e. The molecule has 1 rings (SSSR count). The summed E-state index contributed by atoms with van der Waals surface area (Å²) in [7, 11) is 0. The molecule has 0 aliphatic heterocycles. The second-order valence-electron chi connectivity index (χ2n) is 4.53. The van der Waals surface area contributed by atoms with Crippen molar-refractivity contribution in [3.63, 3.8) is 0 Å². The predicted octanol–water partition coefficient (Wildman–Crippen LogP) is 3.06. The van der Waals surface area contributed by atoms with Gasteiger partial charge in [-0.1, -0.05) is 27.2 Å². The van der Waals surface area contributed by atoms with Crippen molar-refractivity contribution in [3.05, 3.63) is 17.6 Å². The largest absolute Gasteiger partial charge is 0.370 e. The molecule has 0 atom stereocenters. The van der Waals surface area contributed by atoms with E-state index in [-0.39, 0.29) is 0 Å². The normalized spacial score (nSPS) is 10.8. The highest BCUT2D eigenvalue weighted by Crippen LogP contribution is 2.19. The van der Waals surface area contributed by atoms with Gasteiger partial charge in [-0.15, -0.1) is 0 Å². The summed E-state index contributed by atoms with van der Waals surface area (Å²) in [6, 6.07) is 0. The lowest BCUT2D eigenvalue weighted by Gasteiger charge is -2.14. The van der Waals surface area contributed by atoms with E-state index in [9.17, 15) is 0 Å². The Morgan fingerprint density at radius 3 is 2.56 bits per heavy atom. The summed E-state index contributed by atoms with van der Waals surface area (Å²) in [6.07, 6.45) is 4.91. The molecule has 0 fully saturated rings. The van der Waals surface area contributed by atoms with Crippen LogP contribution in [0.5, 0.6) is 0 Å². The average Bonchev–Trinajstić information content (AvgIpc) is 2.22. The van der Waals surface area contributed by atoms with Gasteiger partial charge in [0.1, 0.15) is 12.1 Å². The molecule has 0 aromatic carbocycles. The number of nitrogens with zero attached hydrogens (tertiary/aromatic N) is 2. The minimum Gasteiger partial charge on any atom is -0.370 e. The second-order valence-corrected chi connectivity index (χ2v) is 4.53. The molecule has 0 radical (unpaired) electrons. The van der Waals surface area contributed by atoms with Gasteiger partial charge in [0.05, 0.1) is 0 Å². The SMILES string of the molecule is CCCc1c(CC(C)C)ncnc1NCC.